The fourth-order valence-electron chi connectivity index (χ4n) is 2.18. The average molecular weight is 350 g/mol. The smallest absolute Gasteiger partial charge is 0.191 e. The predicted octanol–water partition coefficient (Wildman–Crippen LogP) is 2.90. The van der Waals surface area contributed by atoms with Crippen LogP contribution in [-0.4, -0.2) is 31.6 Å². The molecule has 1 unspecified atom stereocenters. The van der Waals surface area contributed by atoms with Gasteiger partial charge in [-0.15, -0.1) is 11.3 Å². The molecule has 0 bridgehead atoms. The number of hydrogen-bond acceptors (Lipinski definition) is 4. The van der Waals surface area contributed by atoms with Crippen LogP contribution in [-0.2, 0) is 17.7 Å². The Hall–Kier alpha value is -1.99. The number of aryl methyl sites for hydroxylation is 1. The molecule has 0 aliphatic carbocycles. The van der Waals surface area contributed by atoms with Crippen LogP contribution < -0.4 is 10.6 Å². The lowest BCUT2D eigenvalue weighted by Crippen LogP contribution is -2.39. The second-order valence-electron chi connectivity index (χ2n) is 5.16. The maximum atomic E-state index is 13.0. The highest BCUT2D eigenvalue weighted by Gasteiger charge is 2.11. The highest BCUT2D eigenvalue weighted by molar-refractivity contribution is 7.11. The molecule has 5 nitrogen and oxygen atoms in total. The predicted molar refractivity (Wildman–Crippen MR) is 95.8 cm³/mol. The first kappa shape index (κ1) is 18.4. The van der Waals surface area contributed by atoms with E-state index in [2.05, 4.69) is 27.5 Å². The first-order chi connectivity index (χ1) is 11.7. The molecule has 0 saturated heterocycles. The van der Waals surface area contributed by atoms with Crippen molar-refractivity contribution in [1.82, 2.24) is 15.6 Å². The van der Waals surface area contributed by atoms with Gasteiger partial charge >= 0.3 is 0 Å². The number of halogens is 1. The number of benzene rings is 1. The fraction of sp³-hybridized carbons (Fsp3) is 0.412. The summed E-state index contributed by atoms with van der Waals surface area (Å²) >= 11 is 1.70. The molecule has 7 heteroatoms. The summed E-state index contributed by atoms with van der Waals surface area (Å²) in [6, 6.07) is 6.32. The second kappa shape index (κ2) is 9.34. The Morgan fingerprint density at radius 3 is 2.67 bits per heavy atom. The summed E-state index contributed by atoms with van der Waals surface area (Å²) < 4.78 is 18.5. The van der Waals surface area contributed by atoms with Gasteiger partial charge in [0.15, 0.2) is 5.96 Å². The summed E-state index contributed by atoms with van der Waals surface area (Å²) in [5.41, 5.74) is 0.911. The van der Waals surface area contributed by atoms with Crippen molar-refractivity contribution in [3.8, 4) is 0 Å². The zero-order valence-corrected chi connectivity index (χ0v) is 15.0. The minimum Gasteiger partial charge on any atom is -0.375 e. The van der Waals surface area contributed by atoms with Crippen LogP contribution in [0.25, 0.3) is 0 Å². The Morgan fingerprint density at radius 2 is 2.08 bits per heavy atom. The third-order valence-corrected chi connectivity index (χ3v) is 4.70. The molecule has 0 radical (unpaired) electrons. The monoisotopic (exact) mass is 350 g/mol. The van der Waals surface area contributed by atoms with Crippen LogP contribution in [0.2, 0.25) is 0 Å². The van der Waals surface area contributed by atoms with Crippen LogP contribution in [0, 0.1) is 5.82 Å². The zero-order chi connectivity index (χ0) is 17.4. The van der Waals surface area contributed by atoms with Crippen molar-refractivity contribution >= 4 is 17.3 Å². The number of thiazole rings is 1. The average Bonchev–Trinajstić information content (AvgIpc) is 3.07. The van der Waals surface area contributed by atoms with E-state index in [1.165, 1.54) is 17.0 Å². The van der Waals surface area contributed by atoms with Gasteiger partial charge in [0, 0.05) is 31.8 Å². The Bertz CT molecular complexity index is 657. The molecule has 0 aliphatic rings. The minimum atomic E-state index is -0.256. The third-order valence-electron chi connectivity index (χ3n) is 3.56. The van der Waals surface area contributed by atoms with Crippen molar-refractivity contribution in [3.63, 3.8) is 0 Å². The first-order valence-corrected chi connectivity index (χ1v) is 8.64. The molecule has 130 valence electrons. The van der Waals surface area contributed by atoms with Crippen LogP contribution in [0.5, 0.6) is 0 Å². The second-order valence-corrected chi connectivity index (χ2v) is 6.36. The van der Waals surface area contributed by atoms with E-state index in [1.807, 2.05) is 6.20 Å². The van der Waals surface area contributed by atoms with Crippen molar-refractivity contribution in [1.29, 1.82) is 0 Å². The summed E-state index contributed by atoms with van der Waals surface area (Å²) in [7, 11) is 3.35. The molecule has 0 aliphatic heterocycles. The van der Waals surface area contributed by atoms with Crippen molar-refractivity contribution in [3.05, 3.63) is 51.7 Å². The molecular formula is C17H23FN4OS. The van der Waals surface area contributed by atoms with Gasteiger partial charge in [-0.05, 0) is 24.1 Å². The molecule has 1 aromatic heterocycles. The number of nitrogens with one attached hydrogen (secondary N) is 2. The van der Waals surface area contributed by atoms with E-state index in [4.69, 9.17) is 4.74 Å². The fourth-order valence-corrected chi connectivity index (χ4v) is 2.98. The van der Waals surface area contributed by atoms with Gasteiger partial charge in [0.25, 0.3) is 0 Å². The maximum absolute atomic E-state index is 13.0. The SMILES string of the molecule is CCc1cnc(CNC(=NC)NCC(OC)c2ccc(F)cc2)s1. The molecule has 1 atom stereocenters. The van der Waals surface area contributed by atoms with Gasteiger partial charge in [-0.25, -0.2) is 9.37 Å². The maximum Gasteiger partial charge on any atom is 0.191 e. The van der Waals surface area contributed by atoms with Crippen molar-refractivity contribution in [2.24, 2.45) is 4.99 Å². The summed E-state index contributed by atoms with van der Waals surface area (Å²) in [6.45, 7) is 3.27. The molecule has 0 saturated carbocycles. The quantitative estimate of drug-likeness (QED) is 0.595. The van der Waals surface area contributed by atoms with Crippen molar-refractivity contribution < 1.29 is 9.13 Å². The van der Waals surface area contributed by atoms with E-state index in [-0.39, 0.29) is 11.9 Å². The number of hydrogen-bond donors (Lipinski definition) is 2. The number of guanidine groups is 1. The van der Waals surface area contributed by atoms with Gasteiger partial charge in [0.1, 0.15) is 10.8 Å². The summed E-state index contributed by atoms with van der Waals surface area (Å²) in [6.07, 6.45) is 2.72. The van der Waals surface area contributed by atoms with Crippen LogP contribution in [0.1, 0.15) is 28.5 Å². The Morgan fingerprint density at radius 1 is 1.33 bits per heavy atom. The number of ether oxygens (including phenoxy) is 1. The largest absolute Gasteiger partial charge is 0.375 e. The topological polar surface area (TPSA) is 58.5 Å². The highest BCUT2D eigenvalue weighted by atomic mass is 32.1. The number of nitrogens with zero attached hydrogens (tertiary/aromatic N) is 2. The Kier molecular flexibility index (Phi) is 7.14. The molecule has 0 amide bonds. The van der Waals surface area contributed by atoms with E-state index in [0.717, 1.165) is 17.0 Å². The molecule has 1 heterocycles. The van der Waals surface area contributed by atoms with E-state index >= 15 is 0 Å². The van der Waals surface area contributed by atoms with Gasteiger partial charge in [-0.3, -0.25) is 4.99 Å². The lowest BCUT2D eigenvalue weighted by molar-refractivity contribution is 0.106. The third kappa shape index (κ3) is 5.28. The van der Waals surface area contributed by atoms with Gasteiger partial charge < -0.3 is 15.4 Å². The van der Waals surface area contributed by atoms with Crippen molar-refractivity contribution in [2.75, 3.05) is 20.7 Å². The van der Waals surface area contributed by atoms with Gasteiger partial charge in [0.2, 0.25) is 0 Å². The molecular weight excluding hydrogens is 327 g/mol. The highest BCUT2D eigenvalue weighted by Crippen LogP contribution is 2.16. The van der Waals surface area contributed by atoms with Crippen LogP contribution in [0.15, 0.2) is 35.5 Å². The first-order valence-electron chi connectivity index (χ1n) is 7.82. The van der Waals surface area contributed by atoms with E-state index < -0.39 is 0 Å². The van der Waals surface area contributed by atoms with Crippen LogP contribution in [0.4, 0.5) is 4.39 Å². The van der Waals surface area contributed by atoms with Gasteiger partial charge in [-0.2, -0.15) is 0 Å². The number of aromatic nitrogens is 1. The van der Waals surface area contributed by atoms with Crippen LogP contribution >= 0.6 is 11.3 Å². The van der Waals surface area contributed by atoms with Gasteiger partial charge in [-0.1, -0.05) is 19.1 Å². The minimum absolute atomic E-state index is 0.185. The lowest BCUT2D eigenvalue weighted by Gasteiger charge is -2.18. The van der Waals surface area contributed by atoms with Crippen LogP contribution in [0.3, 0.4) is 0 Å². The van der Waals surface area contributed by atoms with Crippen molar-refractivity contribution in [2.45, 2.75) is 26.0 Å². The molecule has 24 heavy (non-hydrogen) atoms. The zero-order valence-electron chi connectivity index (χ0n) is 14.2. The molecule has 2 aromatic rings. The summed E-state index contributed by atoms with van der Waals surface area (Å²) in [5, 5.41) is 7.48. The Labute approximate surface area is 146 Å². The normalized spacial score (nSPS) is 12.9. The lowest BCUT2D eigenvalue weighted by atomic mass is 10.1. The number of rotatable bonds is 7. The molecule has 0 fully saturated rings. The van der Waals surface area contributed by atoms with E-state index in [9.17, 15) is 4.39 Å². The molecule has 2 rings (SSSR count). The summed E-state index contributed by atoms with van der Waals surface area (Å²) in [4.78, 5) is 9.84. The number of methoxy groups -OCH3 is 1. The molecule has 1 aromatic carbocycles. The standard InChI is InChI=1S/C17H23FN4OS/c1-4-14-9-20-16(24-14)11-22-17(19-2)21-10-15(23-3)12-5-7-13(18)8-6-12/h5-9,15H,4,10-11H2,1-3H3,(H2,19,21,22). The summed E-state index contributed by atoms with van der Waals surface area (Å²) in [5.74, 6) is 0.418. The Balaban J connectivity index is 1.86. The number of aliphatic imine (C=N–C) groups is 1. The molecule has 2 N–H and O–H groups in total. The van der Waals surface area contributed by atoms with E-state index in [1.54, 1.807) is 37.6 Å². The van der Waals surface area contributed by atoms with Gasteiger partial charge in [0.05, 0.1) is 12.6 Å². The van der Waals surface area contributed by atoms with E-state index in [0.29, 0.717) is 19.0 Å². The molecule has 0 spiro atoms.